The van der Waals surface area contributed by atoms with Gasteiger partial charge in [-0.1, -0.05) is 22.9 Å². The first-order valence-corrected chi connectivity index (χ1v) is 13.7. The average molecular weight is 579 g/mol. The third-order valence-electron chi connectivity index (χ3n) is 6.60. The highest BCUT2D eigenvalue weighted by Gasteiger charge is 2.35. The molecule has 0 N–H and O–H groups in total. The minimum Gasteiger partial charge on any atom is -0.497 e. The van der Waals surface area contributed by atoms with Crippen LogP contribution in [0.15, 0.2) is 74.0 Å². The van der Waals surface area contributed by atoms with Gasteiger partial charge < -0.3 is 18.6 Å². The van der Waals surface area contributed by atoms with Crippen molar-refractivity contribution in [3.05, 3.63) is 101 Å². The summed E-state index contributed by atoms with van der Waals surface area (Å²) in [5.74, 6) is 1.66. The van der Waals surface area contributed by atoms with Gasteiger partial charge in [0, 0.05) is 22.2 Å². The Balaban J connectivity index is 1.68. The van der Waals surface area contributed by atoms with Crippen LogP contribution in [0.2, 0.25) is 5.02 Å². The Morgan fingerprint density at radius 2 is 1.93 bits per heavy atom. The first-order valence-electron chi connectivity index (χ1n) is 12.5. The van der Waals surface area contributed by atoms with E-state index in [1.807, 2.05) is 25.1 Å². The van der Waals surface area contributed by atoms with Crippen LogP contribution >= 0.6 is 22.9 Å². The van der Waals surface area contributed by atoms with Crippen molar-refractivity contribution in [2.75, 3.05) is 20.8 Å². The number of thiazole rings is 1. The van der Waals surface area contributed by atoms with Crippen molar-refractivity contribution in [2.24, 2.45) is 4.99 Å². The lowest BCUT2D eigenvalue weighted by Crippen LogP contribution is -2.40. The summed E-state index contributed by atoms with van der Waals surface area (Å²) in [6.07, 6.45) is 1.68. The number of hydrogen-bond donors (Lipinski definition) is 0. The van der Waals surface area contributed by atoms with Gasteiger partial charge in [0.25, 0.3) is 5.56 Å². The van der Waals surface area contributed by atoms with E-state index in [0.717, 1.165) is 11.1 Å². The summed E-state index contributed by atoms with van der Waals surface area (Å²) in [6.45, 7) is 5.59. The zero-order chi connectivity index (χ0) is 28.6. The lowest BCUT2D eigenvalue weighted by atomic mass is 9.95. The number of halogens is 1. The second-order valence-electron chi connectivity index (χ2n) is 9.07. The van der Waals surface area contributed by atoms with Crippen molar-refractivity contribution in [1.29, 1.82) is 0 Å². The summed E-state index contributed by atoms with van der Waals surface area (Å²) >= 11 is 7.32. The van der Waals surface area contributed by atoms with Gasteiger partial charge in [0.05, 0.1) is 36.6 Å². The Kier molecular flexibility index (Phi) is 7.69. The molecule has 40 heavy (non-hydrogen) atoms. The molecule has 206 valence electrons. The fraction of sp³-hybridized carbons (Fsp3) is 0.233. The molecule has 2 aromatic heterocycles. The number of fused-ring (bicyclic) bond motifs is 1. The molecule has 0 radical (unpaired) electrons. The number of rotatable bonds is 7. The number of hydrogen-bond acceptors (Lipinski definition) is 8. The van der Waals surface area contributed by atoms with Gasteiger partial charge in [-0.25, -0.2) is 9.79 Å². The maximum Gasteiger partial charge on any atom is 0.338 e. The molecule has 1 aliphatic rings. The molecule has 1 aliphatic heterocycles. The number of carbonyl (C=O) groups excluding carboxylic acids is 1. The molecule has 0 fully saturated rings. The number of ether oxygens (including phenoxy) is 3. The van der Waals surface area contributed by atoms with Crippen molar-refractivity contribution in [1.82, 2.24) is 4.57 Å². The predicted octanol–water partition coefficient (Wildman–Crippen LogP) is 5.04. The van der Waals surface area contributed by atoms with Crippen molar-refractivity contribution < 1.29 is 23.4 Å². The predicted molar refractivity (Wildman–Crippen MR) is 154 cm³/mol. The minimum atomic E-state index is -0.841. The van der Waals surface area contributed by atoms with Crippen molar-refractivity contribution in [2.45, 2.75) is 26.8 Å². The molecule has 5 rings (SSSR count). The molecule has 0 aliphatic carbocycles. The van der Waals surface area contributed by atoms with Crippen LogP contribution < -0.4 is 24.4 Å². The van der Waals surface area contributed by atoms with Crippen LogP contribution in [0.3, 0.4) is 0 Å². The zero-order valence-electron chi connectivity index (χ0n) is 22.6. The number of methoxy groups -OCH3 is 2. The fourth-order valence-corrected chi connectivity index (χ4v) is 6.00. The zero-order valence-corrected chi connectivity index (χ0v) is 24.2. The second kappa shape index (κ2) is 11.2. The van der Waals surface area contributed by atoms with Crippen LogP contribution in [0, 0.1) is 6.92 Å². The van der Waals surface area contributed by atoms with E-state index >= 15 is 0 Å². The quantitative estimate of drug-likeness (QED) is 0.285. The average Bonchev–Trinajstić information content (AvgIpc) is 3.51. The summed E-state index contributed by atoms with van der Waals surface area (Å²) in [5, 5.41) is 0.647. The minimum absolute atomic E-state index is 0.177. The number of benzene rings is 2. The summed E-state index contributed by atoms with van der Waals surface area (Å²) in [7, 11) is 3.08. The smallest absolute Gasteiger partial charge is 0.338 e. The molecule has 0 saturated carbocycles. The standard InChI is InChI=1S/C30H27ClN2O6S/c1-6-38-29(35)26-17(3)32-30-33(27(26)22-14-19(36-4)8-11-23(22)37-5)28(34)25(40-30)15-20-9-12-24(39-20)21-10-7-18(31)13-16(21)2/h7-15,27H,6H2,1-5H3. The van der Waals surface area contributed by atoms with E-state index < -0.39 is 12.0 Å². The Bertz CT molecular complexity index is 1830. The van der Waals surface area contributed by atoms with Gasteiger partial charge in [-0.05, 0) is 74.9 Å². The van der Waals surface area contributed by atoms with E-state index in [1.54, 1.807) is 57.4 Å². The summed E-state index contributed by atoms with van der Waals surface area (Å²) in [5.41, 5.74) is 2.84. The van der Waals surface area contributed by atoms with Gasteiger partial charge in [-0.3, -0.25) is 9.36 Å². The Hall–Kier alpha value is -4.08. The van der Waals surface area contributed by atoms with Crippen LogP contribution in [-0.4, -0.2) is 31.4 Å². The number of allylic oxidation sites excluding steroid dienone is 1. The monoisotopic (exact) mass is 578 g/mol. The lowest BCUT2D eigenvalue weighted by Gasteiger charge is -2.26. The normalized spacial score (nSPS) is 15.1. The second-order valence-corrected chi connectivity index (χ2v) is 10.5. The van der Waals surface area contributed by atoms with Gasteiger partial charge >= 0.3 is 5.97 Å². The maximum absolute atomic E-state index is 13.9. The highest BCUT2D eigenvalue weighted by Crippen LogP contribution is 2.38. The Morgan fingerprint density at radius 1 is 1.12 bits per heavy atom. The van der Waals surface area contributed by atoms with Crippen molar-refractivity contribution in [3.8, 4) is 22.8 Å². The van der Waals surface area contributed by atoms with E-state index in [9.17, 15) is 9.59 Å². The van der Waals surface area contributed by atoms with Gasteiger partial charge in [0.1, 0.15) is 29.1 Å². The van der Waals surface area contributed by atoms with E-state index in [4.69, 9.17) is 30.2 Å². The topological polar surface area (TPSA) is 92.3 Å². The van der Waals surface area contributed by atoms with Crippen molar-refractivity contribution >= 4 is 35.0 Å². The van der Waals surface area contributed by atoms with Crippen LogP contribution in [0.4, 0.5) is 0 Å². The molecule has 0 bridgehead atoms. The molecule has 3 heterocycles. The molecule has 1 atom stereocenters. The summed E-state index contributed by atoms with van der Waals surface area (Å²) in [4.78, 5) is 32.2. The Morgan fingerprint density at radius 3 is 2.62 bits per heavy atom. The SMILES string of the molecule is CCOC(=O)C1=C(C)N=c2sc(=Cc3ccc(-c4ccc(Cl)cc4C)o3)c(=O)n2C1c1cc(OC)ccc1OC. The van der Waals surface area contributed by atoms with E-state index in [0.29, 0.717) is 48.6 Å². The molecule has 10 heteroatoms. The number of aryl methyl sites for hydroxylation is 1. The fourth-order valence-electron chi connectivity index (χ4n) is 4.75. The van der Waals surface area contributed by atoms with Crippen molar-refractivity contribution in [3.63, 3.8) is 0 Å². The molecular weight excluding hydrogens is 552 g/mol. The Labute approximate surface area is 239 Å². The van der Waals surface area contributed by atoms with E-state index in [1.165, 1.54) is 23.0 Å². The molecule has 4 aromatic rings. The summed E-state index contributed by atoms with van der Waals surface area (Å²) < 4.78 is 24.4. The van der Waals surface area contributed by atoms with E-state index in [-0.39, 0.29) is 17.7 Å². The molecule has 8 nitrogen and oxygen atoms in total. The highest BCUT2D eigenvalue weighted by atomic mass is 35.5. The molecular formula is C30H27ClN2O6S. The van der Waals surface area contributed by atoms with Gasteiger partial charge in [0.2, 0.25) is 0 Å². The first kappa shape index (κ1) is 27.5. The van der Waals surface area contributed by atoms with Crippen LogP contribution in [0.1, 0.15) is 36.8 Å². The van der Waals surface area contributed by atoms with Gasteiger partial charge in [-0.2, -0.15) is 0 Å². The van der Waals surface area contributed by atoms with Crippen LogP contribution in [0.5, 0.6) is 11.5 Å². The third kappa shape index (κ3) is 4.98. The van der Waals surface area contributed by atoms with E-state index in [2.05, 4.69) is 4.99 Å². The van der Waals surface area contributed by atoms with Gasteiger partial charge in [0.15, 0.2) is 4.80 Å². The molecule has 0 amide bonds. The van der Waals surface area contributed by atoms with Crippen LogP contribution in [-0.2, 0) is 9.53 Å². The van der Waals surface area contributed by atoms with Crippen LogP contribution in [0.25, 0.3) is 17.4 Å². The number of furan rings is 1. The summed E-state index contributed by atoms with van der Waals surface area (Å²) in [6, 6.07) is 13.6. The van der Waals surface area contributed by atoms with Gasteiger partial charge in [-0.15, -0.1) is 0 Å². The highest BCUT2D eigenvalue weighted by molar-refractivity contribution is 7.07. The number of esters is 1. The number of aromatic nitrogens is 1. The third-order valence-corrected chi connectivity index (χ3v) is 7.82. The first-order chi connectivity index (χ1) is 19.2. The molecule has 0 spiro atoms. The molecule has 2 aromatic carbocycles. The number of carbonyl (C=O) groups is 1. The number of nitrogens with zero attached hydrogens (tertiary/aromatic N) is 2. The molecule has 1 unspecified atom stereocenters. The molecule has 0 saturated heterocycles. The largest absolute Gasteiger partial charge is 0.497 e. The maximum atomic E-state index is 13.9. The lowest BCUT2D eigenvalue weighted by molar-refractivity contribution is -0.139.